The molecule has 2 N–H and O–H groups in total. The van der Waals surface area contributed by atoms with Gasteiger partial charge in [-0.1, -0.05) is 13.0 Å². The summed E-state index contributed by atoms with van der Waals surface area (Å²) in [6.07, 6.45) is 3.68. The van der Waals surface area contributed by atoms with E-state index in [1.165, 1.54) is 12.0 Å². The van der Waals surface area contributed by atoms with Gasteiger partial charge in [0.05, 0.1) is 30.7 Å². The minimum Gasteiger partial charge on any atom is -0.377 e. The lowest BCUT2D eigenvalue weighted by Gasteiger charge is -2.28. The van der Waals surface area contributed by atoms with Crippen LogP contribution in [0.5, 0.6) is 0 Å². The fourth-order valence-corrected chi connectivity index (χ4v) is 3.46. The molecule has 0 unspecified atom stereocenters. The number of fused-ring (bicyclic) bond motifs is 1. The predicted octanol–water partition coefficient (Wildman–Crippen LogP) is 2.27. The normalized spacial score (nSPS) is 20.8. The van der Waals surface area contributed by atoms with Crippen LogP contribution in [-0.4, -0.2) is 53.4 Å². The highest BCUT2D eigenvalue weighted by Gasteiger charge is 2.21. The molecule has 2 aromatic rings. The molecule has 3 heterocycles. The molecule has 1 saturated heterocycles. The quantitative estimate of drug-likeness (QED) is 0.877. The summed E-state index contributed by atoms with van der Waals surface area (Å²) in [5.74, 6) is 1.30. The van der Waals surface area contributed by atoms with E-state index in [0.29, 0.717) is 18.7 Å². The molecule has 0 aliphatic carbocycles. The van der Waals surface area contributed by atoms with E-state index >= 15 is 0 Å². The molecule has 2 aliphatic rings. The Morgan fingerprint density at radius 2 is 2.27 bits per heavy atom. The van der Waals surface area contributed by atoms with E-state index in [1.807, 2.05) is 6.92 Å². The first-order valence-corrected chi connectivity index (χ1v) is 9.38. The van der Waals surface area contributed by atoms with Gasteiger partial charge >= 0.3 is 0 Å². The van der Waals surface area contributed by atoms with Crippen molar-refractivity contribution in [3.8, 4) is 0 Å². The van der Waals surface area contributed by atoms with Gasteiger partial charge in [0.1, 0.15) is 0 Å². The van der Waals surface area contributed by atoms with Gasteiger partial charge in [0.15, 0.2) is 0 Å². The Labute approximate surface area is 153 Å². The van der Waals surface area contributed by atoms with E-state index in [9.17, 15) is 0 Å². The van der Waals surface area contributed by atoms with Crippen LogP contribution in [0.25, 0.3) is 10.9 Å². The average molecular weight is 354 g/mol. The Kier molecular flexibility index (Phi) is 4.99. The van der Waals surface area contributed by atoms with Gasteiger partial charge in [0.2, 0.25) is 11.9 Å². The second kappa shape index (κ2) is 7.55. The van der Waals surface area contributed by atoms with Crippen LogP contribution in [0.3, 0.4) is 0 Å². The van der Waals surface area contributed by atoms with Crippen molar-refractivity contribution < 1.29 is 4.74 Å². The molecule has 26 heavy (non-hydrogen) atoms. The summed E-state index contributed by atoms with van der Waals surface area (Å²) >= 11 is 0. The van der Waals surface area contributed by atoms with E-state index in [-0.39, 0.29) is 0 Å². The van der Waals surface area contributed by atoms with Crippen molar-refractivity contribution in [2.24, 2.45) is 4.99 Å². The molecule has 0 saturated carbocycles. The first kappa shape index (κ1) is 17.2. The molecule has 0 spiro atoms. The van der Waals surface area contributed by atoms with Gasteiger partial charge in [-0.25, -0.2) is 15.0 Å². The summed E-state index contributed by atoms with van der Waals surface area (Å²) in [4.78, 5) is 16.0. The van der Waals surface area contributed by atoms with Crippen molar-refractivity contribution in [2.45, 2.75) is 39.2 Å². The molecular formula is C19H26N6O. The Morgan fingerprint density at radius 1 is 1.35 bits per heavy atom. The molecule has 0 amide bonds. The van der Waals surface area contributed by atoms with Crippen molar-refractivity contribution in [1.29, 1.82) is 0 Å². The monoisotopic (exact) mass is 354 g/mol. The Bertz CT molecular complexity index is 815. The number of aryl methyl sites for hydroxylation is 2. The smallest absolute Gasteiger partial charge is 0.230 e. The van der Waals surface area contributed by atoms with Gasteiger partial charge in [-0.15, -0.1) is 0 Å². The molecule has 1 atom stereocenters. The van der Waals surface area contributed by atoms with E-state index < -0.39 is 0 Å². The van der Waals surface area contributed by atoms with Crippen molar-refractivity contribution in [1.82, 2.24) is 20.2 Å². The number of aliphatic imine (C=N–C) groups is 1. The standard InChI is InChI=1S/C19H26N6O/c1-3-14-6-7-17-16(9-14)13(2)22-19(23-17)24-18-20-11-25(12-21-18)10-15-5-4-8-26-15/h6-7,9,15H,3-5,8,10-12H2,1-2H3,(H2,20,21,22,23,24)/t15-/m0/s1. The van der Waals surface area contributed by atoms with Gasteiger partial charge in [-0.05, 0) is 43.9 Å². The molecule has 1 aromatic carbocycles. The van der Waals surface area contributed by atoms with Crippen LogP contribution in [0.1, 0.15) is 31.0 Å². The lowest BCUT2D eigenvalue weighted by Crippen LogP contribution is -2.48. The third kappa shape index (κ3) is 3.78. The maximum atomic E-state index is 5.70. The lowest BCUT2D eigenvalue weighted by atomic mass is 10.1. The molecule has 7 nitrogen and oxygen atoms in total. The summed E-state index contributed by atoms with van der Waals surface area (Å²) in [7, 11) is 0. The van der Waals surface area contributed by atoms with Gasteiger partial charge in [0, 0.05) is 18.5 Å². The highest BCUT2D eigenvalue weighted by atomic mass is 16.5. The first-order valence-electron chi connectivity index (χ1n) is 9.38. The van der Waals surface area contributed by atoms with Crippen molar-refractivity contribution >= 4 is 22.8 Å². The third-order valence-electron chi connectivity index (χ3n) is 4.97. The molecule has 7 heteroatoms. The maximum Gasteiger partial charge on any atom is 0.230 e. The third-order valence-corrected chi connectivity index (χ3v) is 4.97. The van der Waals surface area contributed by atoms with Crippen molar-refractivity contribution in [3.05, 3.63) is 29.5 Å². The molecule has 4 rings (SSSR count). The van der Waals surface area contributed by atoms with Gasteiger partial charge < -0.3 is 10.1 Å². The second-order valence-corrected chi connectivity index (χ2v) is 6.93. The highest BCUT2D eigenvalue weighted by Crippen LogP contribution is 2.19. The topological polar surface area (TPSA) is 74.7 Å². The first-order chi connectivity index (χ1) is 12.7. The molecule has 0 bridgehead atoms. The van der Waals surface area contributed by atoms with Crippen LogP contribution in [0.2, 0.25) is 0 Å². The Balaban J connectivity index is 1.43. The van der Waals surface area contributed by atoms with Crippen molar-refractivity contribution in [3.63, 3.8) is 0 Å². The summed E-state index contributed by atoms with van der Waals surface area (Å²) < 4.78 is 5.70. The summed E-state index contributed by atoms with van der Waals surface area (Å²) in [6.45, 7) is 7.39. The number of ether oxygens (including phenoxy) is 1. The van der Waals surface area contributed by atoms with Crippen LogP contribution in [-0.2, 0) is 11.2 Å². The predicted molar refractivity (Wildman–Crippen MR) is 103 cm³/mol. The molecule has 1 fully saturated rings. The number of guanidine groups is 1. The molecule has 0 radical (unpaired) electrons. The van der Waals surface area contributed by atoms with Crippen LogP contribution < -0.4 is 10.6 Å². The van der Waals surface area contributed by atoms with E-state index in [1.54, 1.807) is 0 Å². The number of nitrogens with zero attached hydrogens (tertiary/aromatic N) is 4. The van der Waals surface area contributed by atoms with E-state index in [0.717, 1.165) is 55.2 Å². The van der Waals surface area contributed by atoms with Gasteiger partial charge in [-0.3, -0.25) is 10.2 Å². The Morgan fingerprint density at radius 3 is 3.00 bits per heavy atom. The highest BCUT2D eigenvalue weighted by molar-refractivity contribution is 5.93. The van der Waals surface area contributed by atoms with Crippen LogP contribution in [0.4, 0.5) is 5.95 Å². The van der Waals surface area contributed by atoms with E-state index in [2.05, 4.69) is 55.6 Å². The zero-order valence-corrected chi connectivity index (χ0v) is 15.5. The zero-order chi connectivity index (χ0) is 17.9. The fourth-order valence-electron chi connectivity index (χ4n) is 3.46. The average Bonchev–Trinajstić information content (AvgIpc) is 3.16. The number of hydrogen-bond donors (Lipinski definition) is 2. The number of nitrogens with one attached hydrogen (secondary N) is 2. The molecule has 1 aromatic heterocycles. The van der Waals surface area contributed by atoms with Crippen LogP contribution >= 0.6 is 0 Å². The lowest BCUT2D eigenvalue weighted by molar-refractivity contribution is 0.0715. The minimum atomic E-state index is 0.348. The second-order valence-electron chi connectivity index (χ2n) is 6.93. The van der Waals surface area contributed by atoms with Gasteiger partial charge in [-0.2, -0.15) is 0 Å². The Hall–Kier alpha value is -2.25. The summed E-state index contributed by atoms with van der Waals surface area (Å²) in [5.41, 5.74) is 3.23. The van der Waals surface area contributed by atoms with Crippen LogP contribution in [0.15, 0.2) is 23.2 Å². The zero-order valence-electron chi connectivity index (χ0n) is 15.5. The summed E-state index contributed by atoms with van der Waals surface area (Å²) in [5, 5.41) is 7.63. The number of aromatic nitrogens is 2. The minimum absolute atomic E-state index is 0.348. The molecular weight excluding hydrogens is 328 g/mol. The SMILES string of the molecule is CCc1ccc2nc(NC3=NCN(C[C@@H]4CCCO4)CN3)nc(C)c2c1. The maximum absolute atomic E-state index is 5.70. The van der Waals surface area contributed by atoms with Crippen LogP contribution in [0, 0.1) is 6.92 Å². The largest absolute Gasteiger partial charge is 0.377 e. The number of benzene rings is 1. The fraction of sp³-hybridized carbons (Fsp3) is 0.526. The molecule has 2 aliphatic heterocycles. The molecule has 138 valence electrons. The van der Waals surface area contributed by atoms with Gasteiger partial charge in [0.25, 0.3) is 0 Å². The number of rotatable bonds is 4. The number of anilines is 1. The number of hydrogen-bond acceptors (Lipinski definition) is 7. The summed E-state index contributed by atoms with van der Waals surface area (Å²) in [6, 6.07) is 6.36. The van der Waals surface area contributed by atoms with Crippen molar-refractivity contribution in [2.75, 3.05) is 31.8 Å². The van der Waals surface area contributed by atoms with E-state index in [4.69, 9.17) is 4.74 Å².